The number of carboxylic acids is 2. The molecule has 0 saturated heterocycles. The second kappa shape index (κ2) is 15.2. The van der Waals surface area contributed by atoms with Crippen molar-refractivity contribution < 1.29 is 62.2 Å². The van der Waals surface area contributed by atoms with E-state index in [1.807, 2.05) is 0 Å². The zero-order valence-corrected chi connectivity index (χ0v) is 24.7. The molecule has 16 heteroatoms. The van der Waals surface area contributed by atoms with Gasteiger partial charge in [0, 0.05) is 23.3 Å². The van der Waals surface area contributed by atoms with Crippen molar-refractivity contribution in [3.8, 4) is 23.0 Å². The summed E-state index contributed by atoms with van der Waals surface area (Å²) < 4.78 is 55.8. The first-order chi connectivity index (χ1) is 21.6. The quantitative estimate of drug-likeness (QED) is 0.157. The molecule has 2 atom stereocenters. The summed E-state index contributed by atoms with van der Waals surface area (Å²) >= 11 is 5.63. The zero-order chi connectivity index (χ0) is 34.2. The van der Waals surface area contributed by atoms with Gasteiger partial charge in [0.05, 0.1) is 36.7 Å². The van der Waals surface area contributed by atoms with Gasteiger partial charge in [0.2, 0.25) is 5.91 Å². The van der Waals surface area contributed by atoms with Crippen LogP contribution in [0.15, 0.2) is 66.9 Å². The smallest absolute Gasteiger partial charge is 0.417 e. The first-order valence-electron chi connectivity index (χ1n) is 12.9. The molecule has 0 aliphatic rings. The number of alkyl halides is 3. The van der Waals surface area contributed by atoms with Crippen LogP contribution in [0.25, 0.3) is 10.9 Å². The average molecular weight is 667 g/mol. The van der Waals surface area contributed by atoms with Crippen LogP contribution < -0.4 is 19.5 Å². The molecular weight excluding hydrogens is 641 g/mol. The molecular formula is C30H26ClF3N2O10. The fraction of sp³-hybridized carbons (Fsp3) is 0.200. The maximum absolute atomic E-state index is 13.1. The molecule has 0 aliphatic carbocycles. The average Bonchev–Trinajstić information content (AvgIpc) is 3.01. The molecule has 4 aromatic rings. The number of aliphatic carboxylic acids is 2. The van der Waals surface area contributed by atoms with E-state index in [-0.39, 0.29) is 12.0 Å². The molecule has 0 unspecified atom stereocenters. The predicted molar refractivity (Wildman–Crippen MR) is 157 cm³/mol. The molecule has 3 aromatic carbocycles. The number of nitrogens with zero attached hydrogens (tertiary/aromatic N) is 1. The third-order valence-corrected chi connectivity index (χ3v) is 6.41. The van der Waals surface area contributed by atoms with Crippen LogP contribution in [0, 0.1) is 0 Å². The monoisotopic (exact) mass is 666 g/mol. The standard InChI is InChI=1S/C26H20ClF3N2O4.C4H6O6/c1-34-23-13-18-21(14-24(23)35-2)31-10-9-22(18)36-17-6-4-16(5-7-17)32-25(33)12-15-3-8-20(27)19(11-15)26(28,29)30;5-1(3(7)8)2(6)4(9)10/h3-11,13-14H,12H2,1-2H3,(H,32,33);1-2,5-6H,(H,7,8)(H,9,10)/t;1-,2-/m.1/s1. The lowest BCUT2D eigenvalue weighted by Crippen LogP contribution is -2.39. The third kappa shape index (κ3) is 9.20. The van der Waals surface area contributed by atoms with E-state index < -0.39 is 46.8 Å². The van der Waals surface area contributed by atoms with Crippen LogP contribution in [0.3, 0.4) is 0 Å². The number of anilines is 1. The number of carbonyl (C=O) groups excluding carboxylic acids is 1. The Bertz CT molecular complexity index is 1700. The van der Waals surface area contributed by atoms with Gasteiger partial charge in [-0.2, -0.15) is 13.2 Å². The van der Waals surface area contributed by atoms with E-state index in [2.05, 4.69) is 10.3 Å². The third-order valence-electron chi connectivity index (χ3n) is 6.08. The van der Waals surface area contributed by atoms with Gasteiger partial charge < -0.3 is 40.0 Å². The van der Waals surface area contributed by atoms with Crippen LogP contribution >= 0.6 is 11.6 Å². The van der Waals surface area contributed by atoms with Crippen molar-refractivity contribution in [2.75, 3.05) is 19.5 Å². The second-order valence-electron chi connectivity index (χ2n) is 9.26. The molecule has 12 nitrogen and oxygen atoms in total. The van der Waals surface area contributed by atoms with Gasteiger partial charge >= 0.3 is 18.1 Å². The van der Waals surface area contributed by atoms with Gasteiger partial charge in [-0.25, -0.2) is 9.59 Å². The number of ether oxygens (including phenoxy) is 3. The largest absolute Gasteiger partial charge is 0.493 e. The fourth-order valence-corrected chi connectivity index (χ4v) is 4.05. The zero-order valence-electron chi connectivity index (χ0n) is 23.9. The van der Waals surface area contributed by atoms with Crippen molar-refractivity contribution in [1.82, 2.24) is 4.98 Å². The number of fused-ring (bicyclic) bond motifs is 1. The highest BCUT2D eigenvalue weighted by atomic mass is 35.5. The Morgan fingerprint density at radius 2 is 1.46 bits per heavy atom. The Balaban J connectivity index is 0.000000498. The summed E-state index contributed by atoms with van der Waals surface area (Å²) in [5.41, 5.74) is 0.338. The first kappa shape index (κ1) is 35.4. The van der Waals surface area contributed by atoms with Crippen molar-refractivity contribution in [3.63, 3.8) is 0 Å². The number of methoxy groups -OCH3 is 2. The van der Waals surface area contributed by atoms with Gasteiger partial charge in [0.15, 0.2) is 23.7 Å². The molecule has 0 radical (unpaired) electrons. The van der Waals surface area contributed by atoms with E-state index in [1.165, 1.54) is 13.2 Å². The van der Waals surface area contributed by atoms with E-state index in [0.717, 1.165) is 12.1 Å². The molecule has 46 heavy (non-hydrogen) atoms. The molecule has 0 spiro atoms. The van der Waals surface area contributed by atoms with Crippen LogP contribution in [-0.4, -0.2) is 69.7 Å². The number of carboxylic acid groups (broad SMARTS) is 2. The molecule has 244 valence electrons. The number of rotatable bonds is 10. The SMILES string of the molecule is COc1cc2nccc(Oc3ccc(NC(=O)Cc4ccc(Cl)c(C(F)(F)F)c4)cc3)c2cc1OC.O=C(O)[C@H](O)[C@@H](O)C(=O)O. The molecule has 1 amide bonds. The minimum Gasteiger partial charge on any atom is -0.493 e. The van der Waals surface area contributed by atoms with Gasteiger partial charge in [-0.3, -0.25) is 9.78 Å². The Labute approximate surface area is 263 Å². The van der Waals surface area contributed by atoms with Crippen LogP contribution in [0.1, 0.15) is 11.1 Å². The normalized spacial score (nSPS) is 12.3. The number of benzene rings is 3. The van der Waals surface area contributed by atoms with Gasteiger partial charge in [-0.05, 0) is 54.1 Å². The maximum Gasteiger partial charge on any atom is 0.417 e. The van der Waals surface area contributed by atoms with Crippen LogP contribution in [0.2, 0.25) is 5.02 Å². The van der Waals surface area contributed by atoms with Crippen molar-refractivity contribution in [2.45, 2.75) is 24.8 Å². The van der Waals surface area contributed by atoms with E-state index >= 15 is 0 Å². The topological polar surface area (TPSA) is 185 Å². The number of aliphatic hydroxyl groups is 2. The summed E-state index contributed by atoms with van der Waals surface area (Å²) in [5.74, 6) is -1.89. The minimum absolute atomic E-state index is 0.195. The van der Waals surface area contributed by atoms with E-state index in [4.69, 9.17) is 46.2 Å². The Morgan fingerprint density at radius 3 is 2.00 bits per heavy atom. The molecule has 4 rings (SSSR count). The summed E-state index contributed by atoms with van der Waals surface area (Å²) in [5, 5.41) is 35.5. The lowest BCUT2D eigenvalue weighted by molar-refractivity contribution is -0.165. The number of nitrogens with one attached hydrogen (secondary N) is 1. The Morgan fingerprint density at radius 1 is 0.870 bits per heavy atom. The van der Waals surface area contributed by atoms with E-state index in [0.29, 0.717) is 39.6 Å². The number of halogens is 4. The summed E-state index contributed by atoms with van der Waals surface area (Å²) in [4.78, 5) is 36.3. The predicted octanol–water partition coefficient (Wildman–Crippen LogP) is 4.78. The summed E-state index contributed by atoms with van der Waals surface area (Å²) in [7, 11) is 3.08. The van der Waals surface area contributed by atoms with E-state index in [9.17, 15) is 27.6 Å². The highest BCUT2D eigenvalue weighted by Crippen LogP contribution is 2.37. The maximum atomic E-state index is 13.1. The number of aromatic nitrogens is 1. The van der Waals surface area contributed by atoms with Gasteiger partial charge in [-0.1, -0.05) is 17.7 Å². The molecule has 1 aromatic heterocycles. The number of pyridine rings is 1. The minimum atomic E-state index is -4.60. The van der Waals surface area contributed by atoms with Crippen LogP contribution in [0.4, 0.5) is 18.9 Å². The first-order valence-corrected chi connectivity index (χ1v) is 13.3. The number of amides is 1. The highest BCUT2D eigenvalue weighted by molar-refractivity contribution is 6.31. The molecule has 0 saturated carbocycles. The molecule has 0 aliphatic heterocycles. The second-order valence-corrected chi connectivity index (χ2v) is 9.67. The molecule has 1 heterocycles. The van der Waals surface area contributed by atoms with Crippen LogP contribution in [0.5, 0.6) is 23.0 Å². The highest BCUT2D eigenvalue weighted by Gasteiger charge is 2.33. The summed E-state index contributed by atoms with van der Waals surface area (Å²) in [6, 6.07) is 15.2. The number of hydrogen-bond donors (Lipinski definition) is 5. The molecule has 0 fully saturated rings. The van der Waals surface area contributed by atoms with Crippen molar-refractivity contribution in [3.05, 3.63) is 83.0 Å². The van der Waals surface area contributed by atoms with Gasteiger partial charge in [0.1, 0.15) is 11.5 Å². The lowest BCUT2D eigenvalue weighted by Gasteiger charge is -2.13. The number of aliphatic hydroxyl groups excluding tert-OH is 2. The van der Waals surface area contributed by atoms with Crippen molar-refractivity contribution >= 4 is 46.0 Å². The number of hydrogen-bond acceptors (Lipinski definition) is 9. The summed E-state index contributed by atoms with van der Waals surface area (Å²) in [6.45, 7) is 0. The molecule has 0 bridgehead atoms. The van der Waals surface area contributed by atoms with Gasteiger partial charge in [0.25, 0.3) is 0 Å². The molecule has 5 N–H and O–H groups in total. The van der Waals surface area contributed by atoms with Crippen molar-refractivity contribution in [1.29, 1.82) is 0 Å². The Kier molecular flexibility index (Phi) is 11.7. The Hall–Kier alpha value is -5.12. The van der Waals surface area contributed by atoms with Crippen LogP contribution in [-0.2, 0) is 27.0 Å². The van der Waals surface area contributed by atoms with E-state index in [1.54, 1.807) is 55.8 Å². The lowest BCUT2D eigenvalue weighted by atomic mass is 10.1. The number of carbonyl (C=O) groups is 3. The fourth-order valence-electron chi connectivity index (χ4n) is 3.83. The van der Waals surface area contributed by atoms with Crippen molar-refractivity contribution in [2.24, 2.45) is 0 Å². The summed E-state index contributed by atoms with van der Waals surface area (Å²) in [6.07, 6.45) is -7.77. The van der Waals surface area contributed by atoms with Gasteiger partial charge in [-0.15, -0.1) is 0 Å².